The molecule has 0 radical (unpaired) electrons. The maximum absolute atomic E-state index is 14.4. The molecular formula is C32H22N4O3. The van der Waals surface area contributed by atoms with Crippen molar-refractivity contribution >= 4 is 38.7 Å². The van der Waals surface area contributed by atoms with Crippen LogP contribution in [0.5, 0.6) is 5.75 Å². The van der Waals surface area contributed by atoms with E-state index in [1.54, 1.807) is 19.2 Å². The van der Waals surface area contributed by atoms with E-state index in [0.717, 1.165) is 32.8 Å². The van der Waals surface area contributed by atoms with E-state index in [9.17, 15) is 9.59 Å². The predicted octanol–water partition coefficient (Wildman–Crippen LogP) is 6.69. The first-order chi connectivity index (χ1) is 19.1. The van der Waals surface area contributed by atoms with E-state index in [1.807, 2.05) is 97.1 Å². The number of aromatic nitrogens is 4. The lowest BCUT2D eigenvalue weighted by atomic mass is 10.1. The molecule has 39 heavy (non-hydrogen) atoms. The molecule has 3 heterocycles. The SMILES string of the molecule is COc1ccc2[nH]c3c(c2c1)c1ccccc1c(=O)n3C(=O)n1nc(-c2ccccc2)cc1-c1ccccc1. The van der Waals surface area contributed by atoms with Gasteiger partial charge in [-0.15, -0.1) is 0 Å². The van der Waals surface area contributed by atoms with Crippen LogP contribution in [0.3, 0.4) is 0 Å². The lowest BCUT2D eigenvalue weighted by Gasteiger charge is -2.11. The van der Waals surface area contributed by atoms with Crippen molar-refractivity contribution < 1.29 is 9.53 Å². The van der Waals surface area contributed by atoms with Crippen LogP contribution in [0.2, 0.25) is 0 Å². The fraction of sp³-hybridized carbons (Fsp3) is 0.0312. The minimum Gasteiger partial charge on any atom is -0.497 e. The summed E-state index contributed by atoms with van der Waals surface area (Å²) in [4.78, 5) is 31.6. The molecule has 0 spiro atoms. The van der Waals surface area contributed by atoms with Crippen molar-refractivity contribution in [2.24, 2.45) is 0 Å². The summed E-state index contributed by atoms with van der Waals surface area (Å²) in [6, 6.07) is 33.5. The minimum atomic E-state index is -0.574. The summed E-state index contributed by atoms with van der Waals surface area (Å²) in [6.07, 6.45) is 0. The average molecular weight is 511 g/mol. The van der Waals surface area contributed by atoms with Gasteiger partial charge in [0, 0.05) is 32.8 Å². The van der Waals surface area contributed by atoms with Crippen LogP contribution < -0.4 is 10.3 Å². The highest BCUT2D eigenvalue weighted by atomic mass is 16.5. The van der Waals surface area contributed by atoms with Gasteiger partial charge in [0.15, 0.2) is 0 Å². The second-order valence-electron chi connectivity index (χ2n) is 9.29. The van der Waals surface area contributed by atoms with Gasteiger partial charge >= 0.3 is 6.03 Å². The number of fused-ring (bicyclic) bond motifs is 5. The Hall–Kier alpha value is -5.43. The summed E-state index contributed by atoms with van der Waals surface area (Å²) in [6.45, 7) is 0. The van der Waals surface area contributed by atoms with Crippen molar-refractivity contribution in [3.63, 3.8) is 0 Å². The third-order valence-electron chi connectivity index (χ3n) is 7.06. The lowest BCUT2D eigenvalue weighted by molar-refractivity contribution is 0.241. The first-order valence-electron chi connectivity index (χ1n) is 12.5. The number of pyridine rings is 1. The molecule has 0 saturated heterocycles. The van der Waals surface area contributed by atoms with Crippen LogP contribution in [-0.2, 0) is 0 Å². The lowest BCUT2D eigenvalue weighted by Crippen LogP contribution is -2.32. The molecule has 188 valence electrons. The van der Waals surface area contributed by atoms with E-state index in [1.165, 1.54) is 9.25 Å². The number of carbonyl (C=O) groups excluding carboxylic acids is 1. The Labute approximate surface area is 222 Å². The summed E-state index contributed by atoms with van der Waals surface area (Å²) in [5.41, 5.74) is 3.68. The third kappa shape index (κ3) is 3.55. The molecule has 0 amide bonds. The largest absolute Gasteiger partial charge is 0.497 e. The van der Waals surface area contributed by atoms with E-state index in [2.05, 4.69) is 4.98 Å². The average Bonchev–Trinajstić information content (AvgIpc) is 3.60. The van der Waals surface area contributed by atoms with Crippen LogP contribution in [0.4, 0.5) is 4.79 Å². The first-order valence-corrected chi connectivity index (χ1v) is 12.5. The van der Waals surface area contributed by atoms with Crippen molar-refractivity contribution in [3.05, 3.63) is 120 Å². The summed E-state index contributed by atoms with van der Waals surface area (Å²) < 4.78 is 7.98. The molecule has 0 aliphatic heterocycles. The maximum atomic E-state index is 14.4. The number of hydrogen-bond donors (Lipinski definition) is 1. The molecule has 0 aliphatic carbocycles. The smallest absolute Gasteiger partial charge is 0.358 e. The number of ether oxygens (including phenoxy) is 1. The zero-order valence-electron chi connectivity index (χ0n) is 21.0. The monoisotopic (exact) mass is 510 g/mol. The quantitative estimate of drug-likeness (QED) is 0.287. The van der Waals surface area contributed by atoms with Crippen molar-refractivity contribution in [1.29, 1.82) is 0 Å². The number of hydrogen-bond acceptors (Lipinski definition) is 4. The van der Waals surface area contributed by atoms with Gasteiger partial charge in [0.2, 0.25) is 0 Å². The summed E-state index contributed by atoms with van der Waals surface area (Å²) in [7, 11) is 1.61. The second kappa shape index (κ2) is 8.85. The van der Waals surface area contributed by atoms with Gasteiger partial charge in [0.25, 0.3) is 5.56 Å². The highest BCUT2D eigenvalue weighted by Gasteiger charge is 2.24. The maximum Gasteiger partial charge on any atom is 0.358 e. The molecule has 1 N–H and O–H groups in total. The first kappa shape index (κ1) is 22.7. The van der Waals surface area contributed by atoms with E-state index < -0.39 is 11.6 Å². The molecule has 7 rings (SSSR count). The van der Waals surface area contributed by atoms with Gasteiger partial charge in [-0.3, -0.25) is 4.79 Å². The van der Waals surface area contributed by atoms with E-state index >= 15 is 0 Å². The Kier molecular flexibility index (Phi) is 5.16. The van der Waals surface area contributed by atoms with Crippen LogP contribution in [0.25, 0.3) is 55.2 Å². The van der Waals surface area contributed by atoms with E-state index in [0.29, 0.717) is 28.2 Å². The van der Waals surface area contributed by atoms with Crippen molar-refractivity contribution in [2.45, 2.75) is 0 Å². The van der Waals surface area contributed by atoms with Crippen LogP contribution in [0.1, 0.15) is 0 Å². The third-order valence-corrected chi connectivity index (χ3v) is 7.06. The van der Waals surface area contributed by atoms with E-state index in [4.69, 9.17) is 9.84 Å². The van der Waals surface area contributed by atoms with Gasteiger partial charge in [-0.05, 0) is 35.7 Å². The number of aromatic amines is 1. The Balaban J connectivity index is 1.55. The Morgan fingerprint density at radius 2 is 1.44 bits per heavy atom. The topological polar surface area (TPSA) is 81.9 Å². The van der Waals surface area contributed by atoms with Gasteiger partial charge in [-0.2, -0.15) is 9.78 Å². The van der Waals surface area contributed by atoms with Crippen LogP contribution in [0, 0.1) is 0 Å². The molecule has 3 aromatic heterocycles. The number of nitrogens with one attached hydrogen (secondary N) is 1. The standard InChI is InChI=1S/C32H22N4O3/c1-39-22-16-17-26-25(18-22)29-23-14-8-9-15-24(23)31(37)35(30(29)33-26)32(38)36-28(21-12-6-3-7-13-21)19-27(34-36)20-10-4-2-5-11-20/h2-19,33H,1H3. The number of benzene rings is 4. The van der Waals surface area contributed by atoms with Gasteiger partial charge in [-0.25, -0.2) is 9.36 Å². The molecule has 0 bridgehead atoms. The second-order valence-corrected chi connectivity index (χ2v) is 9.29. The van der Waals surface area contributed by atoms with Crippen molar-refractivity contribution in [3.8, 4) is 28.3 Å². The predicted molar refractivity (Wildman–Crippen MR) is 153 cm³/mol. The summed E-state index contributed by atoms with van der Waals surface area (Å²) in [5, 5.41) is 7.54. The van der Waals surface area contributed by atoms with Gasteiger partial charge < -0.3 is 9.72 Å². The molecule has 7 aromatic rings. The minimum absolute atomic E-state index is 0.405. The number of nitrogens with zero attached hydrogens (tertiary/aromatic N) is 3. The van der Waals surface area contributed by atoms with E-state index in [-0.39, 0.29) is 0 Å². The highest BCUT2D eigenvalue weighted by molar-refractivity contribution is 6.20. The Bertz CT molecular complexity index is 2090. The van der Waals surface area contributed by atoms with Crippen LogP contribution in [0.15, 0.2) is 114 Å². The van der Waals surface area contributed by atoms with Crippen LogP contribution >= 0.6 is 0 Å². The molecule has 7 heteroatoms. The highest BCUT2D eigenvalue weighted by Crippen LogP contribution is 2.33. The molecule has 0 saturated carbocycles. The molecule has 7 nitrogen and oxygen atoms in total. The molecule has 0 atom stereocenters. The number of H-pyrrole nitrogens is 1. The molecule has 0 unspecified atom stereocenters. The molecular weight excluding hydrogens is 488 g/mol. The zero-order chi connectivity index (χ0) is 26.5. The molecule has 0 fully saturated rings. The van der Waals surface area contributed by atoms with Crippen LogP contribution in [-0.4, -0.2) is 32.5 Å². The number of methoxy groups -OCH3 is 1. The zero-order valence-corrected chi connectivity index (χ0v) is 21.0. The van der Waals surface area contributed by atoms with Gasteiger partial charge in [0.05, 0.1) is 18.5 Å². The molecule has 4 aromatic carbocycles. The summed E-state index contributed by atoms with van der Waals surface area (Å²) in [5.74, 6) is 0.683. The summed E-state index contributed by atoms with van der Waals surface area (Å²) >= 11 is 0. The number of rotatable bonds is 3. The fourth-order valence-corrected chi connectivity index (χ4v) is 5.20. The Morgan fingerprint density at radius 3 is 2.15 bits per heavy atom. The Morgan fingerprint density at radius 1 is 0.769 bits per heavy atom. The van der Waals surface area contributed by atoms with Crippen molar-refractivity contribution in [1.82, 2.24) is 19.3 Å². The fourth-order valence-electron chi connectivity index (χ4n) is 5.20. The van der Waals surface area contributed by atoms with Gasteiger partial charge in [0.1, 0.15) is 11.4 Å². The normalized spacial score (nSPS) is 11.4. The van der Waals surface area contributed by atoms with Crippen molar-refractivity contribution in [2.75, 3.05) is 7.11 Å². The van der Waals surface area contributed by atoms with Gasteiger partial charge in [-0.1, -0.05) is 78.9 Å². The number of carbonyl (C=O) groups is 1. The molecule has 0 aliphatic rings.